The Kier molecular flexibility index (Phi) is 4.38. The van der Waals surface area contributed by atoms with Gasteiger partial charge in [0.25, 0.3) is 0 Å². The number of rotatable bonds is 4. The SMILES string of the molecule is CC(CC(O)C(C)O)c1cccc(F)c1F. The molecule has 16 heavy (non-hydrogen) atoms. The van der Waals surface area contributed by atoms with E-state index >= 15 is 0 Å². The molecule has 1 rings (SSSR count). The summed E-state index contributed by atoms with van der Waals surface area (Å²) in [6.07, 6.45) is -1.62. The molecule has 0 saturated carbocycles. The second kappa shape index (κ2) is 5.37. The quantitative estimate of drug-likeness (QED) is 0.832. The van der Waals surface area contributed by atoms with E-state index in [1.807, 2.05) is 0 Å². The lowest BCUT2D eigenvalue weighted by Gasteiger charge is -2.19. The number of benzene rings is 1. The highest BCUT2D eigenvalue weighted by Gasteiger charge is 2.19. The van der Waals surface area contributed by atoms with Crippen molar-refractivity contribution in [1.29, 1.82) is 0 Å². The highest BCUT2D eigenvalue weighted by molar-refractivity contribution is 5.22. The van der Waals surface area contributed by atoms with Gasteiger partial charge in [-0.3, -0.25) is 0 Å². The molecule has 0 aliphatic rings. The van der Waals surface area contributed by atoms with E-state index in [1.54, 1.807) is 6.92 Å². The van der Waals surface area contributed by atoms with Crippen LogP contribution in [0.4, 0.5) is 8.78 Å². The van der Waals surface area contributed by atoms with Crippen LogP contribution in [-0.4, -0.2) is 22.4 Å². The first-order valence-electron chi connectivity index (χ1n) is 5.23. The van der Waals surface area contributed by atoms with Crippen LogP contribution in [0.1, 0.15) is 31.7 Å². The summed E-state index contributed by atoms with van der Waals surface area (Å²) in [6, 6.07) is 3.97. The van der Waals surface area contributed by atoms with Gasteiger partial charge in [0.2, 0.25) is 0 Å². The highest BCUT2D eigenvalue weighted by atomic mass is 19.2. The normalized spacial score (nSPS) is 16.9. The summed E-state index contributed by atoms with van der Waals surface area (Å²) in [4.78, 5) is 0. The van der Waals surface area contributed by atoms with Crippen molar-refractivity contribution in [3.8, 4) is 0 Å². The molecule has 1 aromatic rings. The zero-order valence-electron chi connectivity index (χ0n) is 9.32. The lowest BCUT2D eigenvalue weighted by molar-refractivity contribution is 0.0225. The van der Waals surface area contributed by atoms with E-state index in [9.17, 15) is 13.9 Å². The van der Waals surface area contributed by atoms with Gasteiger partial charge in [-0.15, -0.1) is 0 Å². The minimum Gasteiger partial charge on any atom is -0.391 e. The molecular formula is C12H16F2O2. The summed E-state index contributed by atoms with van der Waals surface area (Å²) in [5, 5.41) is 18.6. The van der Waals surface area contributed by atoms with Crippen LogP contribution in [0.3, 0.4) is 0 Å². The molecular weight excluding hydrogens is 214 g/mol. The molecule has 0 heterocycles. The molecule has 1 aromatic carbocycles. The Morgan fingerprint density at radius 2 is 1.81 bits per heavy atom. The van der Waals surface area contributed by atoms with Crippen molar-refractivity contribution in [2.24, 2.45) is 0 Å². The number of hydrogen-bond acceptors (Lipinski definition) is 2. The molecule has 0 spiro atoms. The molecule has 0 fully saturated rings. The maximum Gasteiger partial charge on any atom is 0.162 e. The van der Waals surface area contributed by atoms with Gasteiger partial charge in [0.1, 0.15) is 0 Å². The van der Waals surface area contributed by atoms with Crippen molar-refractivity contribution in [2.45, 2.75) is 38.4 Å². The first kappa shape index (κ1) is 13.1. The van der Waals surface area contributed by atoms with Gasteiger partial charge in [0, 0.05) is 0 Å². The minimum atomic E-state index is -0.933. The van der Waals surface area contributed by atoms with E-state index in [0.29, 0.717) is 0 Å². The smallest absolute Gasteiger partial charge is 0.162 e. The summed E-state index contributed by atoms with van der Waals surface area (Å²) >= 11 is 0. The first-order valence-corrected chi connectivity index (χ1v) is 5.23. The molecule has 0 bridgehead atoms. The molecule has 0 aromatic heterocycles. The van der Waals surface area contributed by atoms with E-state index in [4.69, 9.17) is 5.11 Å². The van der Waals surface area contributed by atoms with Crippen molar-refractivity contribution in [3.63, 3.8) is 0 Å². The number of aliphatic hydroxyl groups excluding tert-OH is 2. The van der Waals surface area contributed by atoms with Crippen LogP contribution < -0.4 is 0 Å². The van der Waals surface area contributed by atoms with E-state index in [-0.39, 0.29) is 17.9 Å². The zero-order valence-corrected chi connectivity index (χ0v) is 9.32. The van der Waals surface area contributed by atoms with Gasteiger partial charge in [-0.2, -0.15) is 0 Å². The van der Waals surface area contributed by atoms with Crippen LogP contribution in [-0.2, 0) is 0 Å². The fourth-order valence-electron chi connectivity index (χ4n) is 1.59. The van der Waals surface area contributed by atoms with E-state index in [2.05, 4.69) is 0 Å². The molecule has 0 aliphatic carbocycles. The molecule has 0 saturated heterocycles. The van der Waals surface area contributed by atoms with Crippen LogP contribution in [0.15, 0.2) is 18.2 Å². The number of aliphatic hydroxyl groups is 2. The van der Waals surface area contributed by atoms with E-state index in [1.165, 1.54) is 19.1 Å². The van der Waals surface area contributed by atoms with Crippen LogP contribution in [0.2, 0.25) is 0 Å². The molecule has 0 amide bonds. The predicted octanol–water partition coefficient (Wildman–Crippen LogP) is 2.20. The van der Waals surface area contributed by atoms with Gasteiger partial charge in [-0.25, -0.2) is 8.78 Å². The summed E-state index contributed by atoms with van der Waals surface area (Å²) in [6.45, 7) is 3.14. The molecule has 3 unspecified atom stereocenters. The first-order chi connectivity index (χ1) is 7.43. The van der Waals surface area contributed by atoms with Gasteiger partial charge in [0.05, 0.1) is 12.2 Å². The summed E-state index contributed by atoms with van der Waals surface area (Å²) in [5.41, 5.74) is 0.222. The summed E-state index contributed by atoms with van der Waals surface area (Å²) in [7, 11) is 0. The monoisotopic (exact) mass is 230 g/mol. The molecule has 0 aliphatic heterocycles. The lowest BCUT2D eigenvalue weighted by atomic mass is 9.93. The van der Waals surface area contributed by atoms with Crippen molar-refractivity contribution < 1.29 is 19.0 Å². The Hall–Kier alpha value is -1.00. The fraction of sp³-hybridized carbons (Fsp3) is 0.500. The van der Waals surface area contributed by atoms with Crippen molar-refractivity contribution >= 4 is 0 Å². The van der Waals surface area contributed by atoms with E-state index < -0.39 is 23.8 Å². The van der Waals surface area contributed by atoms with Crippen molar-refractivity contribution in [1.82, 2.24) is 0 Å². The Morgan fingerprint density at radius 1 is 1.19 bits per heavy atom. The fourth-order valence-corrected chi connectivity index (χ4v) is 1.59. The largest absolute Gasteiger partial charge is 0.391 e. The minimum absolute atomic E-state index is 0.192. The molecule has 4 heteroatoms. The lowest BCUT2D eigenvalue weighted by Crippen LogP contribution is -2.24. The third-order valence-corrected chi connectivity index (χ3v) is 2.66. The Labute approximate surface area is 93.5 Å². The van der Waals surface area contributed by atoms with Crippen molar-refractivity contribution in [2.75, 3.05) is 0 Å². The highest BCUT2D eigenvalue weighted by Crippen LogP contribution is 2.25. The molecule has 2 N–H and O–H groups in total. The Bertz CT molecular complexity index is 353. The van der Waals surface area contributed by atoms with Gasteiger partial charge in [-0.1, -0.05) is 19.1 Å². The molecule has 0 radical (unpaired) electrons. The second-order valence-corrected chi connectivity index (χ2v) is 4.09. The van der Waals surface area contributed by atoms with Gasteiger partial charge in [0.15, 0.2) is 11.6 Å². The molecule has 90 valence electrons. The third kappa shape index (κ3) is 3.00. The Balaban J connectivity index is 2.80. The second-order valence-electron chi connectivity index (χ2n) is 4.09. The number of halogens is 2. The maximum absolute atomic E-state index is 13.4. The molecule has 3 atom stereocenters. The average molecular weight is 230 g/mol. The van der Waals surface area contributed by atoms with Crippen molar-refractivity contribution in [3.05, 3.63) is 35.4 Å². The van der Waals surface area contributed by atoms with Crippen LogP contribution in [0, 0.1) is 11.6 Å². The third-order valence-electron chi connectivity index (χ3n) is 2.66. The molecule has 2 nitrogen and oxygen atoms in total. The van der Waals surface area contributed by atoms with Gasteiger partial charge in [-0.05, 0) is 30.9 Å². The standard InChI is InChI=1S/C12H16F2O2/c1-7(6-11(16)8(2)15)9-4-3-5-10(13)12(9)14/h3-5,7-8,11,15-16H,6H2,1-2H3. The summed E-state index contributed by atoms with van der Waals surface area (Å²) < 4.78 is 26.3. The maximum atomic E-state index is 13.4. The van der Waals surface area contributed by atoms with Gasteiger partial charge >= 0.3 is 0 Å². The van der Waals surface area contributed by atoms with E-state index in [0.717, 1.165) is 6.07 Å². The Morgan fingerprint density at radius 3 is 2.38 bits per heavy atom. The average Bonchev–Trinajstić information content (AvgIpc) is 2.21. The number of hydrogen-bond donors (Lipinski definition) is 2. The zero-order chi connectivity index (χ0) is 12.3. The topological polar surface area (TPSA) is 40.5 Å². The van der Waals surface area contributed by atoms with Gasteiger partial charge < -0.3 is 10.2 Å². The predicted molar refractivity (Wildman–Crippen MR) is 57.1 cm³/mol. The van der Waals surface area contributed by atoms with Crippen LogP contribution in [0.25, 0.3) is 0 Å². The van der Waals surface area contributed by atoms with Crippen LogP contribution in [0.5, 0.6) is 0 Å². The summed E-state index contributed by atoms with van der Waals surface area (Å²) in [5.74, 6) is -2.12. The van der Waals surface area contributed by atoms with Crippen LogP contribution >= 0.6 is 0 Å².